The first-order valence-electron chi connectivity index (χ1n) is 11.2. The van der Waals surface area contributed by atoms with Gasteiger partial charge in [0.15, 0.2) is 5.76 Å². The molecule has 1 amide bonds. The third-order valence-corrected chi connectivity index (χ3v) is 7.14. The quantitative estimate of drug-likeness (QED) is 0.173. The molecule has 5 rings (SSSR count). The number of nitrogens with two attached hydrogens (primary N) is 2. The summed E-state index contributed by atoms with van der Waals surface area (Å²) in [6.45, 7) is 0.446. The molecular formula is C23H20ClN9O5S. The van der Waals surface area contributed by atoms with Crippen molar-refractivity contribution in [2.24, 2.45) is 5.73 Å². The minimum absolute atomic E-state index is 0.0994. The molecule has 0 aliphatic heterocycles. The van der Waals surface area contributed by atoms with Gasteiger partial charge in [-0.25, -0.2) is 8.42 Å². The number of primary amides is 1. The van der Waals surface area contributed by atoms with Crippen molar-refractivity contribution in [3.8, 4) is 17.3 Å². The van der Waals surface area contributed by atoms with Gasteiger partial charge in [0.25, 0.3) is 21.7 Å². The van der Waals surface area contributed by atoms with E-state index in [2.05, 4.69) is 30.1 Å². The first-order valence-corrected chi connectivity index (χ1v) is 13.1. The highest BCUT2D eigenvalue weighted by atomic mass is 35.5. The molecule has 200 valence electrons. The van der Waals surface area contributed by atoms with Crippen molar-refractivity contribution in [3.63, 3.8) is 0 Å². The molecule has 39 heavy (non-hydrogen) atoms. The Balaban J connectivity index is 1.23. The number of furan rings is 1. The van der Waals surface area contributed by atoms with Crippen LogP contribution in [-0.4, -0.2) is 50.5 Å². The number of aromatic hydroxyl groups is 1. The maximum absolute atomic E-state index is 12.8. The van der Waals surface area contributed by atoms with Crippen molar-refractivity contribution in [2.75, 3.05) is 22.3 Å². The monoisotopic (exact) mass is 569 g/mol. The Morgan fingerprint density at radius 1 is 1.13 bits per heavy atom. The van der Waals surface area contributed by atoms with Crippen LogP contribution in [0, 0.1) is 0 Å². The molecule has 0 aliphatic carbocycles. The van der Waals surface area contributed by atoms with Gasteiger partial charge in [-0.05, 0) is 48.4 Å². The third-order valence-electron chi connectivity index (χ3n) is 5.49. The molecule has 0 fully saturated rings. The number of benzene rings is 2. The van der Waals surface area contributed by atoms with Crippen LogP contribution in [0.25, 0.3) is 17.4 Å². The molecule has 5 aromatic rings. The summed E-state index contributed by atoms with van der Waals surface area (Å²) in [5.41, 5.74) is 11.9. The summed E-state index contributed by atoms with van der Waals surface area (Å²) in [5, 5.41) is 16.8. The van der Waals surface area contributed by atoms with Gasteiger partial charge in [-0.15, -0.1) is 5.10 Å². The van der Waals surface area contributed by atoms with E-state index in [4.69, 9.17) is 27.5 Å². The van der Waals surface area contributed by atoms with Gasteiger partial charge >= 0.3 is 0 Å². The maximum atomic E-state index is 12.8. The van der Waals surface area contributed by atoms with E-state index >= 15 is 0 Å². The molecule has 0 aliphatic rings. The lowest BCUT2D eigenvalue weighted by atomic mass is 10.1. The molecule has 0 radical (unpaired) electrons. The van der Waals surface area contributed by atoms with Crippen LogP contribution in [-0.2, 0) is 16.4 Å². The predicted octanol–water partition coefficient (Wildman–Crippen LogP) is 2.27. The minimum atomic E-state index is -4.12. The summed E-state index contributed by atoms with van der Waals surface area (Å²) >= 11 is 5.86. The fraction of sp³-hybridized carbons (Fsp3) is 0.0870. The van der Waals surface area contributed by atoms with Gasteiger partial charge in [0.05, 0.1) is 21.7 Å². The number of fused-ring (bicyclic) bond motifs is 1. The fourth-order valence-corrected chi connectivity index (χ4v) is 4.98. The number of carbonyl (C=O) groups is 1. The van der Waals surface area contributed by atoms with Crippen LogP contribution >= 0.6 is 11.6 Å². The molecular weight excluding hydrogens is 550 g/mol. The van der Waals surface area contributed by atoms with Crippen LogP contribution in [0.3, 0.4) is 0 Å². The summed E-state index contributed by atoms with van der Waals surface area (Å²) in [4.78, 5) is 24.0. The minimum Gasteiger partial charge on any atom is -0.506 e. The molecule has 16 heteroatoms. The number of carbonyl (C=O) groups excluding carboxylic acids is 1. The van der Waals surface area contributed by atoms with Gasteiger partial charge in [-0.2, -0.15) is 19.5 Å². The Morgan fingerprint density at radius 3 is 2.59 bits per heavy atom. The summed E-state index contributed by atoms with van der Waals surface area (Å²) in [6, 6.07) is 12.1. The highest BCUT2D eigenvalue weighted by Gasteiger charge is 2.21. The van der Waals surface area contributed by atoms with Crippen molar-refractivity contribution >= 4 is 50.9 Å². The van der Waals surface area contributed by atoms with Gasteiger partial charge in [0, 0.05) is 12.2 Å². The number of nitrogens with one attached hydrogen (secondary N) is 2. The Labute approximate surface area is 225 Å². The van der Waals surface area contributed by atoms with Gasteiger partial charge in [0.2, 0.25) is 17.7 Å². The lowest BCUT2D eigenvalue weighted by Crippen LogP contribution is -2.16. The van der Waals surface area contributed by atoms with Crippen molar-refractivity contribution in [2.45, 2.75) is 11.3 Å². The Bertz CT molecular complexity index is 1790. The third kappa shape index (κ3) is 5.39. The van der Waals surface area contributed by atoms with Crippen molar-refractivity contribution in [1.29, 1.82) is 0 Å². The molecule has 0 atom stereocenters. The zero-order chi connectivity index (χ0) is 27.7. The topological polar surface area (TPSA) is 217 Å². The average molecular weight is 570 g/mol. The second kappa shape index (κ2) is 10.1. The number of hydrogen-bond donors (Lipinski definition) is 5. The highest BCUT2D eigenvalue weighted by Crippen LogP contribution is 2.31. The number of anilines is 3. The van der Waals surface area contributed by atoms with Gasteiger partial charge in [-0.1, -0.05) is 23.7 Å². The van der Waals surface area contributed by atoms with E-state index in [0.717, 1.165) is 17.7 Å². The summed E-state index contributed by atoms with van der Waals surface area (Å²) in [7, 11) is -4.12. The van der Waals surface area contributed by atoms with Gasteiger partial charge in [-0.3, -0.25) is 9.52 Å². The van der Waals surface area contributed by atoms with E-state index < -0.39 is 27.2 Å². The number of sulfonamides is 1. The number of nitrogen functional groups attached to an aromatic ring is 1. The van der Waals surface area contributed by atoms with Crippen LogP contribution in [0.5, 0.6) is 5.75 Å². The van der Waals surface area contributed by atoms with E-state index in [1.54, 1.807) is 36.4 Å². The molecule has 3 aromatic heterocycles. The zero-order valence-corrected chi connectivity index (χ0v) is 21.4. The van der Waals surface area contributed by atoms with Crippen molar-refractivity contribution < 1.29 is 22.7 Å². The first-order chi connectivity index (χ1) is 18.6. The fourth-order valence-electron chi connectivity index (χ4n) is 3.58. The zero-order valence-electron chi connectivity index (χ0n) is 19.9. The number of amides is 1. The van der Waals surface area contributed by atoms with Crippen molar-refractivity contribution in [1.82, 2.24) is 24.6 Å². The molecule has 0 unspecified atom stereocenters. The van der Waals surface area contributed by atoms with Gasteiger partial charge < -0.3 is 26.3 Å². The van der Waals surface area contributed by atoms with Crippen LogP contribution < -0.4 is 21.5 Å². The molecule has 0 saturated carbocycles. The summed E-state index contributed by atoms with van der Waals surface area (Å²) < 4.78 is 34.6. The molecule has 2 aromatic carbocycles. The molecule has 7 N–H and O–H groups in total. The van der Waals surface area contributed by atoms with Crippen LogP contribution in [0.1, 0.15) is 15.9 Å². The molecule has 0 spiro atoms. The second-order valence-corrected chi connectivity index (χ2v) is 10.3. The lowest BCUT2D eigenvalue weighted by Gasteiger charge is -2.11. The Hall–Kier alpha value is -4.89. The predicted molar refractivity (Wildman–Crippen MR) is 142 cm³/mol. The Morgan fingerprint density at radius 2 is 1.90 bits per heavy atom. The van der Waals surface area contributed by atoms with E-state index in [9.17, 15) is 18.3 Å². The maximum Gasteiger partial charge on any atom is 0.261 e. The van der Waals surface area contributed by atoms with E-state index in [-0.39, 0.29) is 33.3 Å². The average Bonchev–Trinajstić information content (AvgIpc) is 3.57. The van der Waals surface area contributed by atoms with E-state index in [1.807, 2.05) is 0 Å². The van der Waals surface area contributed by atoms with Crippen LogP contribution in [0.4, 0.5) is 17.6 Å². The second-order valence-electron chi connectivity index (χ2n) is 8.17. The number of aromatic nitrogens is 5. The van der Waals surface area contributed by atoms with E-state index in [0.29, 0.717) is 24.6 Å². The standard InChI is InChI=1S/C23H20ClN9O5S/c24-16-11-14(10-15(18(16)34)19(25)35)39(36,37)32-13-5-3-12(4-6-13)7-8-27-22-29-21(26)33-23(30-22)28-20(31-33)17-2-1-9-38-17/h1-6,9-11,32,34H,7-8H2,(H2,25,35)(H3,26,27,28,29,30,31). The number of nitrogens with zero attached hydrogens (tertiary/aromatic N) is 5. The first kappa shape index (κ1) is 25.7. The smallest absolute Gasteiger partial charge is 0.261 e. The molecule has 0 bridgehead atoms. The van der Waals surface area contributed by atoms with Crippen molar-refractivity contribution in [3.05, 3.63) is 70.9 Å². The summed E-state index contributed by atoms with van der Waals surface area (Å²) in [5.74, 6) is -0.177. The molecule has 3 heterocycles. The van der Waals surface area contributed by atoms with Gasteiger partial charge in [0.1, 0.15) is 5.75 Å². The largest absolute Gasteiger partial charge is 0.506 e. The number of hydrogen-bond acceptors (Lipinski definition) is 11. The molecule has 0 saturated heterocycles. The number of phenols is 1. The van der Waals surface area contributed by atoms with Crippen LogP contribution in [0.2, 0.25) is 5.02 Å². The number of rotatable bonds is 9. The molecule has 14 nitrogen and oxygen atoms in total. The highest BCUT2D eigenvalue weighted by molar-refractivity contribution is 7.92. The Kier molecular flexibility index (Phi) is 6.67. The van der Waals surface area contributed by atoms with Crippen LogP contribution in [0.15, 0.2) is 64.1 Å². The lowest BCUT2D eigenvalue weighted by molar-refractivity contribution is 0.0997. The normalized spacial score (nSPS) is 11.5. The summed E-state index contributed by atoms with van der Waals surface area (Å²) in [6.07, 6.45) is 2.07. The number of halogens is 1. The SMILES string of the molecule is NC(=O)c1cc(S(=O)(=O)Nc2ccc(CCNc3nc(N)n4nc(-c5ccco5)nc4n3)cc2)cc(Cl)c1O. The van der Waals surface area contributed by atoms with E-state index in [1.165, 1.54) is 10.8 Å².